The summed E-state index contributed by atoms with van der Waals surface area (Å²) in [5, 5.41) is 6.04. The molecule has 3 heterocycles. The van der Waals surface area contributed by atoms with E-state index in [4.69, 9.17) is 4.42 Å². The number of hydrogen-bond acceptors (Lipinski definition) is 3. The quantitative estimate of drug-likeness (QED) is 0.234. The highest BCUT2D eigenvalue weighted by Crippen LogP contribution is 2.44. The average Bonchev–Trinajstić information content (AvgIpc) is 3.71. The zero-order valence-electron chi connectivity index (χ0n) is 24.0. The summed E-state index contributed by atoms with van der Waals surface area (Å²) < 4.78 is 9.05. The van der Waals surface area contributed by atoms with Crippen molar-refractivity contribution >= 4 is 44.5 Å². The zero-order chi connectivity index (χ0) is 28.5. The highest BCUT2D eigenvalue weighted by molar-refractivity contribution is 6.19. The standard InChI is InChI=1S/C39H31N3O/c1-25-18-21-36-32(22-25)29-19-20-35-37(39(29)43-36)31-15-6-8-17-34(31)41(35)24-42-38(30-14-5-7-16-33(30)40-42)28-13-9-12-27(23-28)26-10-3-2-4-11-26/h2-21,23,25,38,40H,22,24H2,1H3. The van der Waals surface area contributed by atoms with Gasteiger partial charge in [0.15, 0.2) is 0 Å². The van der Waals surface area contributed by atoms with E-state index in [0.717, 1.165) is 23.5 Å². The van der Waals surface area contributed by atoms with Gasteiger partial charge < -0.3 is 14.4 Å². The van der Waals surface area contributed by atoms with Crippen LogP contribution in [-0.2, 0) is 13.1 Å². The predicted molar refractivity (Wildman–Crippen MR) is 177 cm³/mol. The van der Waals surface area contributed by atoms with E-state index in [1.54, 1.807) is 0 Å². The number of allylic oxidation sites excluding steroid dienone is 1. The van der Waals surface area contributed by atoms with Crippen molar-refractivity contribution in [1.29, 1.82) is 0 Å². The van der Waals surface area contributed by atoms with E-state index in [1.165, 1.54) is 55.0 Å². The molecule has 4 nitrogen and oxygen atoms in total. The summed E-state index contributed by atoms with van der Waals surface area (Å²) in [5.74, 6) is 1.53. The van der Waals surface area contributed by atoms with Gasteiger partial charge in [-0.2, -0.15) is 5.01 Å². The topological polar surface area (TPSA) is 33.3 Å². The molecule has 1 N–H and O–H groups in total. The van der Waals surface area contributed by atoms with Gasteiger partial charge in [-0.3, -0.25) is 0 Å². The number of anilines is 1. The third kappa shape index (κ3) is 3.80. The Kier molecular flexibility index (Phi) is 5.41. The molecule has 2 aliphatic rings. The maximum absolute atomic E-state index is 6.61. The molecule has 0 saturated heterocycles. The summed E-state index contributed by atoms with van der Waals surface area (Å²) in [5.41, 5.74) is 14.7. The van der Waals surface area contributed by atoms with Crippen LogP contribution in [0.4, 0.5) is 5.69 Å². The molecule has 1 aliphatic heterocycles. The van der Waals surface area contributed by atoms with Crippen molar-refractivity contribution in [3.63, 3.8) is 0 Å². The molecule has 1 aliphatic carbocycles. The summed E-state index contributed by atoms with van der Waals surface area (Å²) in [6.45, 7) is 2.94. The highest BCUT2D eigenvalue weighted by Gasteiger charge is 2.32. The van der Waals surface area contributed by atoms with Crippen LogP contribution in [0.5, 0.6) is 0 Å². The average molecular weight is 558 g/mol. The van der Waals surface area contributed by atoms with Gasteiger partial charge in [-0.05, 0) is 65.4 Å². The Balaban J connectivity index is 1.20. The van der Waals surface area contributed by atoms with Gasteiger partial charge in [-0.15, -0.1) is 0 Å². The van der Waals surface area contributed by atoms with Gasteiger partial charge in [0.1, 0.15) is 11.3 Å². The smallest absolute Gasteiger partial charge is 0.145 e. The minimum atomic E-state index is 0.0577. The molecule has 43 heavy (non-hydrogen) atoms. The number of hydrazine groups is 1. The molecule has 0 amide bonds. The number of nitrogens with zero attached hydrogens (tertiary/aromatic N) is 2. The molecule has 2 atom stereocenters. The number of benzene rings is 5. The van der Waals surface area contributed by atoms with E-state index in [-0.39, 0.29) is 6.04 Å². The fourth-order valence-electron chi connectivity index (χ4n) is 7.27. The van der Waals surface area contributed by atoms with Gasteiger partial charge in [0.2, 0.25) is 0 Å². The van der Waals surface area contributed by atoms with Crippen molar-refractivity contribution in [1.82, 2.24) is 9.58 Å². The molecule has 0 radical (unpaired) electrons. The maximum Gasteiger partial charge on any atom is 0.145 e. The van der Waals surface area contributed by atoms with Gasteiger partial charge in [-0.25, -0.2) is 0 Å². The Hall–Kier alpha value is -5.06. The van der Waals surface area contributed by atoms with Gasteiger partial charge in [0.05, 0.1) is 34.8 Å². The molecular weight excluding hydrogens is 526 g/mol. The number of aromatic nitrogens is 1. The van der Waals surface area contributed by atoms with E-state index in [2.05, 4.69) is 149 Å². The van der Waals surface area contributed by atoms with E-state index < -0.39 is 0 Å². The molecule has 208 valence electrons. The highest BCUT2D eigenvalue weighted by atomic mass is 16.3. The largest absolute Gasteiger partial charge is 0.456 e. The molecule has 0 saturated carbocycles. The van der Waals surface area contributed by atoms with Gasteiger partial charge >= 0.3 is 0 Å². The van der Waals surface area contributed by atoms with Crippen LogP contribution in [0.2, 0.25) is 0 Å². The first-order valence-corrected chi connectivity index (χ1v) is 15.1. The molecule has 0 bridgehead atoms. The summed E-state index contributed by atoms with van der Waals surface area (Å²) in [7, 11) is 0. The summed E-state index contributed by atoms with van der Waals surface area (Å²) in [6.07, 6.45) is 5.44. The van der Waals surface area contributed by atoms with Crippen LogP contribution in [0.25, 0.3) is 50.0 Å². The van der Waals surface area contributed by atoms with Gasteiger partial charge in [0.25, 0.3) is 0 Å². The Morgan fingerprint density at radius 1 is 0.767 bits per heavy atom. The lowest BCUT2D eigenvalue weighted by atomic mass is 9.93. The Bertz CT molecular complexity index is 2200. The molecule has 7 aromatic rings. The second kappa shape index (κ2) is 9.48. The number of hydrogen-bond donors (Lipinski definition) is 1. The van der Waals surface area contributed by atoms with Crippen LogP contribution >= 0.6 is 0 Å². The van der Waals surface area contributed by atoms with E-state index in [1.807, 2.05) is 0 Å². The minimum absolute atomic E-state index is 0.0577. The normalized spacial score (nSPS) is 17.9. The molecule has 0 spiro atoms. The lowest BCUT2D eigenvalue weighted by Crippen LogP contribution is -2.31. The van der Waals surface area contributed by atoms with Crippen LogP contribution in [0.1, 0.15) is 35.4 Å². The molecule has 0 fully saturated rings. The molecule has 4 heteroatoms. The van der Waals surface area contributed by atoms with Crippen molar-refractivity contribution in [2.24, 2.45) is 5.92 Å². The SMILES string of the molecule is CC1C=Cc2oc3c(ccc4c3c3ccccc3n4CN3Nc4ccccc4C3c3cccc(-c4ccccc4)c3)c2C1. The van der Waals surface area contributed by atoms with Crippen molar-refractivity contribution in [3.05, 3.63) is 144 Å². The van der Waals surface area contributed by atoms with Crippen molar-refractivity contribution < 1.29 is 4.42 Å². The second-order valence-corrected chi connectivity index (χ2v) is 12.0. The fraction of sp³-hybridized carbons (Fsp3) is 0.128. The number of rotatable bonds is 4. The van der Waals surface area contributed by atoms with Crippen LogP contribution in [-0.4, -0.2) is 9.58 Å². The third-order valence-corrected chi connectivity index (χ3v) is 9.26. The van der Waals surface area contributed by atoms with Gasteiger partial charge in [0, 0.05) is 21.9 Å². The number of nitrogens with one attached hydrogen (secondary N) is 1. The molecule has 2 unspecified atom stereocenters. The monoisotopic (exact) mass is 557 g/mol. The van der Waals surface area contributed by atoms with Crippen LogP contribution < -0.4 is 5.43 Å². The molecular formula is C39H31N3O. The predicted octanol–water partition coefficient (Wildman–Crippen LogP) is 9.80. The minimum Gasteiger partial charge on any atom is -0.456 e. The van der Waals surface area contributed by atoms with Crippen molar-refractivity contribution in [3.8, 4) is 11.1 Å². The molecule has 5 aromatic carbocycles. The number of furan rings is 1. The van der Waals surface area contributed by atoms with E-state index >= 15 is 0 Å². The number of fused-ring (bicyclic) bond motifs is 8. The van der Waals surface area contributed by atoms with Crippen molar-refractivity contribution in [2.45, 2.75) is 26.1 Å². The summed E-state index contributed by atoms with van der Waals surface area (Å²) in [6, 6.07) is 41.7. The van der Waals surface area contributed by atoms with E-state index in [0.29, 0.717) is 12.6 Å². The third-order valence-electron chi connectivity index (χ3n) is 9.26. The first-order chi connectivity index (χ1) is 21.2. The summed E-state index contributed by atoms with van der Waals surface area (Å²) in [4.78, 5) is 0. The van der Waals surface area contributed by atoms with Gasteiger partial charge in [-0.1, -0.05) is 97.9 Å². The fourth-order valence-corrected chi connectivity index (χ4v) is 7.27. The molecule has 9 rings (SSSR count). The number of para-hydroxylation sites is 2. The summed E-state index contributed by atoms with van der Waals surface area (Å²) >= 11 is 0. The first-order valence-electron chi connectivity index (χ1n) is 15.1. The lowest BCUT2D eigenvalue weighted by molar-refractivity contribution is 0.243. The zero-order valence-corrected chi connectivity index (χ0v) is 24.0. The van der Waals surface area contributed by atoms with Crippen LogP contribution in [0, 0.1) is 5.92 Å². The first kappa shape index (κ1) is 24.5. The van der Waals surface area contributed by atoms with E-state index in [9.17, 15) is 0 Å². The Labute approximate surface area is 250 Å². The van der Waals surface area contributed by atoms with Crippen molar-refractivity contribution in [2.75, 3.05) is 5.43 Å². The van der Waals surface area contributed by atoms with Crippen LogP contribution in [0.15, 0.2) is 126 Å². The maximum atomic E-state index is 6.61. The lowest BCUT2D eigenvalue weighted by Gasteiger charge is -2.27. The second-order valence-electron chi connectivity index (χ2n) is 12.0. The Morgan fingerprint density at radius 2 is 1.58 bits per heavy atom. The Morgan fingerprint density at radius 3 is 2.51 bits per heavy atom. The molecule has 2 aromatic heterocycles. The van der Waals surface area contributed by atoms with Crippen LogP contribution in [0.3, 0.4) is 0 Å².